The van der Waals surface area contributed by atoms with Crippen LogP contribution in [0.5, 0.6) is 0 Å². The summed E-state index contributed by atoms with van der Waals surface area (Å²) in [4.78, 5) is 22.2. The van der Waals surface area contributed by atoms with Gasteiger partial charge in [0.15, 0.2) is 5.65 Å². The standard InChI is InChI=1S/C15H17N7O/c23-14-12-9-17-15(19-13(12)20-21-14)18-10-1-3-11(4-2-10)22-7-5-16-6-8-22/h1-4,9,16H,5-8H2,(H3,17,18,19,20,21,23). The Kier molecular flexibility index (Phi) is 3.43. The van der Waals surface area contributed by atoms with Crippen LogP contribution in [0.4, 0.5) is 17.3 Å². The van der Waals surface area contributed by atoms with Gasteiger partial charge in [-0.3, -0.25) is 15.0 Å². The first-order valence-electron chi connectivity index (χ1n) is 7.56. The van der Waals surface area contributed by atoms with Crippen LogP contribution >= 0.6 is 0 Å². The number of H-pyrrole nitrogens is 2. The van der Waals surface area contributed by atoms with E-state index in [1.54, 1.807) is 0 Å². The Balaban J connectivity index is 1.52. The lowest BCUT2D eigenvalue weighted by Gasteiger charge is -2.29. The second-order valence-electron chi connectivity index (χ2n) is 5.44. The van der Waals surface area contributed by atoms with Crippen LogP contribution in [0.25, 0.3) is 11.0 Å². The number of hydrogen-bond donors (Lipinski definition) is 4. The van der Waals surface area contributed by atoms with Crippen molar-refractivity contribution < 1.29 is 0 Å². The van der Waals surface area contributed by atoms with Crippen molar-refractivity contribution in [2.24, 2.45) is 0 Å². The molecular formula is C15H17N7O. The second kappa shape index (κ2) is 5.73. The Hall–Kier alpha value is -2.87. The molecule has 0 amide bonds. The number of rotatable bonds is 3. The van der Waals surface area contributed by atoms with Crippen LogP contribution in [0.1, 0.15) is 0 Å². The number of hydrogen-bond acceptors (Lipinski definition) is 6. The lowest BCUT2D eigenvalue weighted by molar-refractivity contribution is 0.589. The molecule has 3 heterocycles. The normalized spacial score (nSPS) is 15.0. The summed E-state index contributed by atoms with van der Waals surface area (Å²) in [5, 5.41) is 12.2. The fraction of sp³-hybridized carbons (Fsp3) is 0.267. The Morgan fingerprint density at radius 2 is 1.87 bits per heavy atom. The maximum Gasteiger partial charge on any atom is 0.275 e. The zero-order valence-electron chi connectivity index (χ0n) is 12.5. The highest BCUT2D eigenvalue weighted by atomic mass is 16.1. The maximum absolute atomic E-state index is 11.4. The summed E-state index contributed by atoms with van der Waals surface area (Å²) >= 11 is 0. The molecule has 23 heavy (non-hydrogen) atoms. The van der Waals surface area contributed by atoms with Crippen LogP contribution in [-0.2, 0) is 0 Å². The Morgan fingerprint density at radius 3 is 2.65 bits per heavy atom. The van der Waals surface area contributed by atoms with E-state index in [1.807, 2.05) is 12.1 Å². The van der Waals surface area contributed by atoms with Gasteiger partial charge in [-0.05, 0) is 24.3 Å². The summed E-state index contributed by atoms with van der Waals surface area (Å²) in [6, 6.07) is 8.18. The van der Waals surface area contributed by atoms with Crippen molar-refractivity contribution in [2.45, 2.75) is 0 Å². The third-order valence-electron chi connectivity index (χ3n) is 3.93. The Bertz CT molecular complexity index is 861. The van der Waals surface area contributed by atoms with Crippen molar-refractivity contribution in [2.75, 3.05) is 36.4 Å². The molecule has 8 heteroatoms. The topological polar surface area (TPSA) is 102 Å². The van der Waals surface area contributed by atoms with Crippen LogP contribution in [0.2, 0.25) is 0 Å². The summed E-state index contributed by atoms with van der Waals surface area (Å²) in [6.07, 6.45) is 1.51. The first-order chi connectivity index (χ1) is 11.3. The second-order valence-corrected chi connectivity index (χ2v) is 5.44. The van der Waals surface area contributed by atoms with Gasteiger partial charge in [-0.25, -0.2) is 4.98 Å². The highest BCUT2D eigenvalue weighted by Gasteiger charge is 2.10. The van der Waals surface area contributed by atoms with E-state index >= 15 is 0 Å². The first kappa shape index (κ1) is 13.8. The summed E-state index contributed by atoms with van der Waals surface area (Å²) in [5.74, 6) is 0.447. The van der Waals surface area contributed by atoms with E-state index in [0.717, 1.165) is 31.9 Å². The number of fused-ring (bicyclic) bond motifs is 1. The fourth-order valence-corrected chi connectivity index (χ4v) is 2.69. The van der Waals surface area contributed by atoms with Gasteiger partial charge in [-0.1, -0.05) is 0 Å². The summed E-state index contributed by atoms with van der Waals surface area (Å²) in [7, 11) is 0. The van der Waals surface area contributed by atoms with E-state index in [1.165, 1.54) is 11.9 Å². The van der Waals surface area contributed by atoms with Crippen molar-refractivity contribution in [1.29, 1.82) is 0 Å². The van der Waals surface area contributed by atoms with Gasteiger partial charge in [0.25, 0.3) is 5.56 Å². The van der Waals surface area contributed by atoms with E-state index in [2.05, 4.69) is 47.8 Å². The number of nitrogens with zero attached hydrogens (tertiary/aromatic N) is 3. The zero-order chi connectivity index (χ0) is 15.6. The lowest BCUT2D eigenvalue weighted by Crippen LogP contribution is -2.43. The van der Waals surface area contributed by atoms with Gasteiger partial charge in [0.1, 0.15) is 5.39 Å². The van der Waals surface area contributed by atoms with E-state index in [-0.39, 0.29) is 5.56 Å². The predicted molar refractivity (Wildman–Crippen MR) is 89.3 cm³/mol. The maximum atomic E-state index is 11.4. The van der Waals surface area contributed by atoms with Crippen LogP contribution in [0.3, 0.4) is 0 Å². The van der Waals surface area contributed by atoms with Gasteiger partial charge in [0, 0.05) is 43.8 Å². The Labute approximate surface area is 131 Å². The monoisotopic (exact) mass is 311 g/mol. The van der Waals surface area contributed by atoms with Crippen molar-refractivity contribution in [3.05, 3.63) is 40.8 Å². The molecule has 8 nitrogen and oxygen atoms in total. The molecule has 3 aromatic rings. The smallest absolute Gasteiger partial charge is 0.275 e. The highest BCUT2D eigenvalue weighted by molar-refractivity contribution is 5.74. The van der Waals surface area contributed by atoms with Crippen molar-refractivity contribution in [3.63, 3.8) is 0 Å². The van der Waals surface area contributed by atoms with Crippen LogP contribution in [-0.4, -0.2) is 46.3 Å². The summed E-state index contributed by atoms with van der Waals surface area (Å²) < 4.78 is 0. The number of anilines is 3. The SMILES string of the molecule is O=c1[nH][nH]c2nc(Nc3ccc(N4CCNCC4)cc3)ncc12. The molecule has 0 radical (unpaired) electrons. The number of piperazine rings is 1. The van der Waals surface area contributed by atoms with Gasteiger partial charge in [0.05, 0.1) is 0 Å². The van der Waals surface area contributed by atoms with E-state index in [9.17, 15) is 4.79 Å². The Morgan fingerprint density at radius 1 is 1.09 bits per heavy atom. The number of nitrogens with one attached hydrogen (secondary N) is 4. The number of aromatic nitrogens is 4. The summed E-state index contributed by atoms with van der Waals surface area (Å²) in [6.45, 7) is 4.08. The fourth-order valence-electron chi connectivity index (χ4n) is 2.69. The molecule has 0 unspecified atom stereocenters. The van der Waals surface area contributed by atoms with Gasteiger partial charge in [-0.15, -0.1) is 0 Å². The molecule has 0 atom stereocenters. The zero-order valence-corrected chi connectivity index (χ0v) is 12.5. The lowest BCUT2D eigenvalue weighted by atomic mass is 10.2. The van der Waals surface area contributed by atoms with Crippen molar-refractivity contribution >= 4 is 28.4 Å². The van der Waals surface area contributed by atoms with Gasteiger partial charge >= 0.3 is 0 Å². The molecule has 4 N–H and O–H groups in total. The van der Waals surface area contributed by atoms with Crippen LogP contribution in [0.15, 0.2) is 35.3 Å². The minimum absolute atomic E-state index is 0.216. The molecule has 1 fully saturated rings. The van der Waals surface area contributed by atoms with Crippen LogP contribution < -0.4 is 21.1 Å². The van der Waals surface area contributed by atoms with E-state index in [0.29, 0.717) is 17.0 Å². The van der Waals surface area contributed by atoms with Gasteiger partial charge < -0.3 is 15.5 Å². The third kappa shape index (κ3) is 2.76. The molecular weight excluding hydrogens is 294 g/mol. The molecule has 2 aromatic heterocycles. The molecule has 0 aliphatic carbocycles. The molecule has 4 rings (SSSR count). The minimum Gasteiger partial charge on any atom is -0.369 e. The molecule has 0 saturated carbocycles. The largest absolute Gasteiger partial charge is 0.369 e. The number of benzene rings is 1. The van der Waals surface area contributed by atoms with E-state index in [4.69, 9.17) is 0 Å². The van der Waals surface area contributed by atoms with Crippen LogP contribution in [0, 0.1) is 0 Å². The number of aromatic amines is 2. The van der Waals surface area contributed by atoms with Gasteiger partial charge in [0.2, 0.25) is 5.95 Å². The molecule has 1 saturated heterocycles. The quantitative estimate of drug-likeness (QED) is 0.571. The first-order valence-corrected chi connectivity index (χ1v) is 7.56. The third-order valence-corrected chi connectivity index (χ3v) is 3.93. The van der Waals surface area contributed by atoms with Gasteiger partial charge in [-0.2, -0.15) is 4.98 Å². The molecule has 0 bridgehead atoms. The molecule has 118 valence electrons. The van der Waals surface area contributed by atoms with Crippen molar-refractivity contribution in [3.8, 4) is 0 Å². The molecule has 1 aromatic carbocycles. The average molecular weight is 311 g/mol. The molecule has 0 spiro atoms. The predicted octanol–water partition coefficient (Wildman–Crippen LogP) is 0.799. The minimum atomic E-state index is -0.216. The molecule has 1 aliphatic heterocycles. The average Bonchev–Trinajstić information content (AvgIpc) is 2.97. The van der Waals surface area contributed by atoms with Crippen molar-refractivity contribution in [1.82, 2.24) is 25.5 Å². The summed E-state index contributed by atoms with van der Waals surface area (Å²) in [5.41, 5.74) is 2.39. The molecule has 1 aliphatic rings. The van der Waals surface area contributed by atoms with E-state index < -0.39 is 0 Å². The highest BCUT2D eigenvalue weighted by Crippen LogP contribution is 2.20.